The van der Waals surface area contributed by atoms with Crippen LogP contribution in [0.4, 0.5) is 8.78 Å². The molecule has 0 spiro atoms. The Hall–Kier alpha value is -4.07. The van der Waals surface area contributed by atoms with Crippen LogP contribution in [0.3, 0.4) is 0 Å². The van der Waals surface area contributed by atoms with Crippen LogP contribution >= 0.6 is 11.6 Å². The number of hydrogen-bond donors (Lipinski definition) is 2. The minimum atomic E-state index is -0.822. The number of fused-ring (bicyclic) bond motifs is 1. The van der Waals surface area contributed by atoms with Gasteiger partial charge in [-0.2, -0.15) is 4.68 Å². The van der Waals surface area contributed by atoms with Gasteiger partial charge in [-0.15, -0.1) is 5.10 Å². The number of amidine groups is 1. The van der Waals surface area contributed by atoms with Crippen molar-refractivity contribution in [2.75, 3.05) is 6.61 Å². The number of aliphatic hydroxyl groups is 1. The minimum Gasteiger partial charge on any atom is -0.390 e. The van der Waals surface area contributed by atoms with Crippen molar-refractivity contribution in [1.29, 1.82) is 0 Å². The molecule has 0 radical (unpaired) electrons. The Labute approximate surface area is 219 Å². The first-order valence-corrected chi connectivity index (χ1v) is 12.0. The Morgan fingerprint density at radius 3 is 2.82 bits per heavy atom. The number of rotatable bonds is 4. The van der Waals surface area contributed by atoms with Crippen LogP contribution in [-0.2, 0) is 4.79 Å². The number of benzene rings is 1. The molecule has 0 bridgehead atoms. The fraction of sp³-hybridized carbons (Fsp3) is 0.250. The van der Waals surface area contributed by atoms with Crippen molar-refractivity contribution >= 4 is 35.1 Å². The van der Waals surface area contributed by atoms with Crippen molar-refractivity contribution in [2.24, 2.45) is 9.98 Å². The summed E-state index contributed by atoms with van der Waals surface area (Å²) < 4.78 is 31.4. The van der Waals surface area contributed by atoms with Gasteiger partial charge in [-0.05, 0) is 53.5 Å². The zero-order valence-electron chi connectivity index (χ0n) is 19.5. The molecule has 6 rings (SSSR count). The third kappa shape index (κ3) is 3.86. The topological polar surface area (TPSA) is 132 Å². The summed E-state index contributed by atoms with van der Waals surface area (Å²) in [6.45, 7) is -0.708. The van der Waals surface area contributed by atoms with E-state index in [1.165, 1.54) is 41.6 Å². The normalized spacial score (nSPS) is 24.9. The maximum atomic E-state index is 15.3. The van der Waals surface area contributed by atoms with E-state index in [1.807, 2.05) is 0 Å². The number of nitrogens with zero attached hydrogens (tertiary/aromatic N) is 8. The molecule has 1 fully saturated rings. The van der Waals surface area contributed by atoms with Gasteiger partial charge < -0.3 is 10.0 Å². The predicted molar refractivity (Wildman–Crippen MR) is 131 cm³/mol. The van der Waals surface area contributed by atoms with Crippen LogP contribution in [0.1, 0.15) is 24.8 Å². The second-order valence-electron chi connectivity index (χ2n) is 8.98. The molecule has 1 aromatic carbocycles. The van der Waals surface area contributed by atoms with Crippen LogP contribution in [0, 0.1) is 5.82 Å². The molecule has 11 nitrogen and oxygen atoms in total. The molecule has 194 valence electrons. The lowest BCUT2D eigenvalue weighted by molar-refractivity contribution is -0.128. The smallest absolute Gasteiger partial charge is 0.247 e. The van der Waals surface area contributed by atoms with Gasteiger partial charge in [0, 0.05) is 29.5 Å². The Morgan fingerprint density at radius 2 is 2.05 bits per heavy atom. The number of allylic oxidation sites excluding steroid dienone is 4. The number of aromatic nitrogens is 4. The molecule has 0 saturated carbocycles. The molecule has 1 amide bonds. The number of aliphatic hydroxyl groups excluding tert-OH is 1. The van der Waals surface area contributed by atoms with Crippen molar-refractivity contribution in [2.45, 2.75) is 31.3 Å². The molecule has 4 aliphatic heterocycles. The molecule has 4 aliphatic rings. The minimum absolute atomic E-state index is 0.0614. The highest BCUT2D eigenvalue weighted by molar-refractivity contribution is 6.31. The van der Waals surface area contributed by atoms with E-state index in [1.54, 1.807) is 11.0 Å². The lowest BCUT2D eigenvalue weighted by atomic mass is 9.92. The number of amides is 1. The van der Waals surface area contributed by atoms with Gasteiger partial charge in [0.15, 0.2) is 17.5 Å². The fourth-order valence-corrected chi connectivity index (χ4v) is 5.35. The van der Waals surface area contributed by atoms with Gasteiger partial charge >= 0.3 is 0 Å². The first-order chi connectivity index (χ1) is 18.4. The lowest BCUT2D eigenvalue weighted by Gasteiger charge is -2.33. The Morgan fingerprint density at radius 1 is 1.21 bits per heavy atom. The summed E-state index contributed by atoms with van der Waals surface area (Å²) in [4.78, 5) is 23.8. The monoisotopic (exact) mass is 540 g/mol. The van der Waals surface area contributed by atoms with Crippen LogP contribution in [0.2, 0.25) is 5.02 Å². The van der Waals surface area contributed by atoms with E-state index in [0.717, 1.165) is 0 Å². The average molecular weight is 541 g/mol. The third-order valence-corrected chi connectivity index (χ3v) is 7.22. The lowest BCUT2D eigenvalue weighted by Crippen LogP contribution is -2.45. The molecule has 5 heterocycles. The number of aliphatic imine (C=N–C) groups is 2. The summed E-state index contributed by atoms with van der Waals surface area (Å²) in [5, 5.41) is 30.5. The molecule has 38 heavy (non-hydrogen) atoms. The van der Waals surface area contributed by atoms with E-state index in [0.29, 0.717) is 41.4 Å². The van der Waals surface area contributed by atoms with E-state index < -0.39 is 24.3 Å². The van der Waals surface area contributed by atoms with E-state index >= 15 is 4.39 Å². The largest absolute Gasteiger partial charge is 0.390 e. The van der Waals surface area contributed by atoms with Crippen molar-refractivity contribution in [3.05, 3.63) is 76.0 Å². The Kier molecular flexibility index (Phi) is 5.97. The molecule has 0 unspecified atom stereocenters. The fourth-order valence-electron chi connectivity index (χ4n) is 5.19. The summed E-state index contributed by atoms with van der Waals surface area (Å²) in [5.41, 5.74) is 0.959. The van der Waals surface area contributed by atoms with E-state index in [2.05, 4.69) is 25.5 Å². The van der Waals surface area contributed by atoms with Crippen molar-refractivity contribution < 1.29 is 23.9 Å². The highest BCUT2D eigenvalue weighted by atomic mass is 35.5. The Balaban J connectivity index is 1.32. The summed E-state index contributed by atoms with van der Waals surface area (Å²) in [7, 11) is 0. The van der Waals surface area contributed by atoms with Crippen LogP contribution in [0.25, 0.3) is 11.3 Å². The molecular formula is C24H19ClF2N8O3. The second-order valence-corrected chi connectivity index (χ2v) is 9.39. The molecule has 1 aromatic heterocycles. The number of hydroxylamine groups is 2. The number of halogens is 3. The SMILES string of the molecule is O=C1C=C(c2c(-n3cnnn3)ccc(Cl)c2F)C[C@H]2CC[C@@H](C3=N/C(=C4\C=CN(O)C(CO)=C4F)C=N3)N12. The van der Waals surface area contributed by atoms with E-state index in [-0.39, 0.29) is 39.5 Å². The Bertz CT molecular complexity index is 1530. The number of carbonyl (C=O) groups excluding carboxylic acids is 1. The van der Waals surface area contributed by atoms with Gasteiger partial charge in [0.2, 0.25) is 5.91 Å². The van der Waals surface area contributed by atoms with Gasteiger partial charge in [-0.25, -0.2) is 23.8 Å². The zero-order valence-corrected chi connectivity index (χ0v) is 20.3. The predicted octanol–water partition coefficient (Wildman–Crippen LogP) is 2.73. The van der Waals surface area contributed by atoms with Gasteiger partial charge in [0.25, 0.3) is 0 Å². The molecule has 2 atom stereocenters. The van der Waals surface area contributed by atoms with Crippen molar-refractivity contribution in [1.82, 2.24) is 30.2 Å². The van der Waals surface area contributed by atoms with Crippen LogP contribution < -0.4 is 0 Å². The van der Waals surface area contributed by atoms with Crippen molar-refractivity contribution in [3.63, 3.8) is 0 Å². The first-order valence-electron chi connectivity index (χ1n) is 11.6. The summed E-state index contributed by atoms with van der Waals surface area (Å²) in [6, 6.07) is 2.31. The second kappa shape index (κ2) is 9.35. The van der Waals surface area contributed by atoms with Crippen LogP contribution in [0.15, 0.2) is 69.6 Å². The van der Waals surface area contributed by atoms with Crippen molar-refractivity contribution in [3.8, 4) is 5.69 Å². The molecule has 0 aliphatic carbocycles. The van der Waals surface area contributed by atoms with Gasteiger partial charge in [0.1, 0.15) is 12.0 Å². The molecule has 14 heteroatoms. The zero-order chi connectivity index (χ0) is 26.6. The first kappa shape index (κ1) is 24.3. The third-order valence-electron chi connectivity index (χ3n) is 6.93. The summed E-state index contributed by atoms with van der Waals surface area (Å²) >= 11 is 6.08. The van der Waals surface area contributed by atoms with Crippen LogP contribution in [0.5, 0.6) is 0 Å². The number of hydrogen-bond acceptors (Lipinski definition) is 9. The maximum absolute atomic E-state index is 15.3. The number of tetrazole rings is 1. The standard InChI is InChI=1S/C24H19ClF2N8O3/c25-15-2-4-17(33-11-29-31-32-33)21(23(15)27)12-7-13-1-3-18(35(13)20(37)8-12)24-28-9-16(30-24)14-5-6-34(38)19(10-36)22(14)26/h2,4-6,8-9,11,13,18,36,38H,1,3,7,10H2/b16-14+/t13-,18+/m1/s1. The van der Waals surface area contributed by atoms with Gasteiger partial charge in [-0.3, -0.25) is 10.0 Å². The summed E-state index contributed by atoms with van der Waals surface area (Å²) in [6.07, 6.45) is 8.18. The molecular weight excluding hydrogens is 522 g/mol. The molecule has 1 saturated heterocycles. The maximum Gasteiger partial charge on any atom is 0.247 e. The van der Waals surface area contributed by atoms with Gasteiger partial charge in [-0.1, -0.05) is 11.6 Å². The average Bonchev–Trinajstić information content (AvgIpc) is 3.67. The summed E-state index contributed by atoms with van der Waals surface area (Å²) in [5.74, 6) is -1.47. The molecule has 2 aromatic rings. The highest BCUT2D eigenvalue weighted by Gasteiger charge is 2.43. The highest BCUT2D eigenvalue weighted by Crippen LogP contribution is 2.41. The number of carbonyl (C=O) groups is 1. The van der Waals surface area contributed by atoms with E-state index in [4.69, 9.17) is 11.6 Å². The van der Waals surface area contributed by atoms with Crippen LogP contribution in [-0.4, -0.2) is 77.1 Å². The quantitative estimate of drug-likeness (QED) is 0.609. The van der Waals surface area contributed by atoms with Gasteiger partial charge in [0.05, 0.1) is 35.3 Å². The molecule has 2 N–H and O–H groups in total. The van der Waals surface area contributed by atoms with E-state index in [9.17, 15) is 19.5 Å².